The van der Waals surface area contributed by atoms with Crippen LogP contribution in [0, 0.1) is 10.1 Å². The van der Waals surface area contributed by atoms with Crippen LogP contribution in [0.25, 0.3) is 11.1 Å². The summed E-state index contributed by atoms with van der Waals surface area (Å²) in [6, 6.07) is 2.94. The van der Waals surface area contributed by atoms with Crippen LogP contribution in [0.2, 0.25) is 0 Å². The second-order valence-electron chi connectivity index (χ2n) is 7.75. The van der Waals surface area contributed by atoms with Gasteiger partial charge in [-0.15, -0.1) is 0 Å². The van der Waals surface area contributed by atoms with Gasteiger partial charge in [0.25, 0.3) is 5.69 Å². The van der Waals surface area contributed by atoms with E-state index in [0.717, 1.165) is 0 Å². The minimum atomic E-state index is -0.473. The van der Waals surface area contributed by atoms with Gasteiger partial charge in [0, 0.05) is 31.1 Å². The minimum Gasteiger partial charge on any atom is -0.440 e. The normalized spacial score (nSPS) is 18.7. The highest BCUT2D eigenvalue weighted by molar-refractivity contribution is 7.80. The zero-order chi connectivity index (χ0) is 19.9. The predicted molar refractivity (Wildman–Crippen MR) is 105 cm³/mol. The lowest BCUT2D eigenvalue weighted by molar-refractivity contribution is -0.383. The largest absolute Gasteiger partial charge is 0.440 e. The van der Waals surface area contributed by atoms with Crippen LogP contribution in [0.3, 0.4) is 0 Å². The summed E-state index contributed by atoms with van der Waals surface area (Å²) in [5, 5.41) is 25.7. The van der Waals surface area contributed by atoms with E-state index in [0.29, 0.717) is 41.7 Å². The van der Waals surface area contributed by atoms with Crippen molar-refractivity contribution in [1.82, 2.24) is 14.9 Å². The van der Waals surface area contributed by atoms with Crippen molar-refractivity contribution in [3.05, 3.63) is 28.1 Å². The lowest BCUT2D eigenvalue weighted by Gasteiger charge is -2.38. The van der Waals surface area contributed by atoms with Gasteiger partial charge in [0.1, 0.15) is 11.2 Å². The van der Waals surface area contributed by atoms with Gasteiger partial charge in [-0.25, -0.2) is 4.98 Å². The van der Waals surface area contributed by atoms with E-state index in [1.807, 2.05) is 32.6 Å². The molecule has 2 aromatic rings. The molecule has 1 saturated heterocycles. The number of nitro benzene ring substituents is 1. The third-order valence-corrected chi connectivity index (χ3v) is 4.79. The van der Waals surface area contributed by atoms with Crippen LogP contribution in [0.5, 0.6) is 0 Å². The molecule has 1 fully saturated rings. The highest BCUT2D eigenvalue weighted by atomic mass is 32.1. The summed E-state index contributed by atoms with van der Waals surface area (Å²) in [6.07, 6.45) is 0. The standard InChI is InChI=1S/C17H23N5O4S/c1-10-9-20(23)5-6-21(10)16(27)19-11-7-12-14(8-13(11)22(24)25)26-15(18-12)17(2,3)4/h7-8,10,23H,5-6,9H2,1-4H3,(H,19,27). The number of fused-ring (bicyclic) bond motifs is 1. The van der Waals surface area contributed by atoms with Gasteiger partial charge in [-0.3, -0.25) is 10.1 Å². The molecule has 1 aromatic heterocycles. The zero-order valence-corrected chi connectivity index (χ0v) is 16.5. The number of piperazine rings is 1. The molecule has 1 unspecified atom stereocenters. The smallest absolute Gasteiger partial charge is 0.296 e. The Bertz CT molecular complexity index is 891. The number of hydrogen-bond acceptors (Lipinski definition) is 7. The van der Waals surface area contributed by atoms with Crippen molar-refractivity contribution in [1.29, 1.82) is 0 Å². The average Bonchev–Trinajstić information content (AvgIpc) is 2.97. The van der Waals surface area contributed by atoms with Crippen molar-refractivity contribution < 1.29 is 14.5 Å². The average molecular weight is 393 g/mol. The molecule has 1 aromatic carbocycles. The molecule has 2 heterocycles. The number of nitrogens with zero attached hydrogens (tertiary/aromatic N) is 4. The highest BCUT2D eigenvalue weighted by Crippen LogP contribution is 2.33. The molecule has 0 bridgehead atoms. The Morgan fingerprint density at radius 2 is 2.15 bits per heavy atom. The Morgan fingerprint density at radius 1 is 1.44 bits per heavy atom. The molecule has 1 aliphatic rings. The number of thiocarbonyl (C=S) groups is 1. The Labute approximate surface area is 162 Å². The number of aromatic nitrogens is 1. The van der Waals surface area contributed by atoms with E-state index in [1.165, 1.54) is 11.1 Å². The van der Waals surface area contributed by atoms with Crippen LogP contribution < -0.4 is 5.32 Å². The first-order valence-electron chi connectivity index (χ1n) is 8.67. The van der Waals surface area contributed by atoms with Crippen molar-refractivity contribution in [2.24, 2.45) is 0 Å². The number of hydrogen-bond donors (Lipinski definition) is 2. The quantitative estimate of drug-likeness (QED) is 0.452. The molecule has 9 nitrogen and oxygen atoms in total. The fraction of sp³-hybridized carbons (Fsp3) is 0.529. The van der Waals surface area contributed by atoms with Gasteiger partial charge >= 0.3 is 0 Å². The zero-order valence-electron chi connectivity index (χ0n) is 15.7. The first kappa shape index (κ1) is 19.5. The maximum Gasteiger partial charge on any atom is 0.296 e. The second kappa shape index (κ2) is 7.02. The maximum absolute atomic E-state index is 11.5. The summed E-state index contributed by atoms with van der Waals surface area (Å²) >= 11 is 5.45. The van der Waals surface area contributed by atoms with Crippen molar-refractivity contribution in [2.75, 3.05) is 25.0 Å². The van der Waals surface area contributed by atoms with Crippen LogP contribution in [0.1, 0.15) is 33.6 Å². The van der Waals surface area contributed by atoms with Gasteiger partial charge < -0.3 is 19.8 Å². The number of hydroxylamine groups is 2. The van der Waals surface area contributed by atoms with Crippen LogP contribution >= 0.6 is 12.2 Å². The van der Waals surface area contributed by atoms with E-state index in [4.69, 9.17) is 16.6 Å². The van der Waals surface area contributed by atoms with Crippen LogP contribution in [0.15, 0.2) is 16.5 Å². The molecule has 1 aliphatic heterocycles. The summed E-state index contributed by atoms with van der Waals surface area (Å²) < 4.78 is 5.71. The first-order chi connectivity index (χ1) is 12.6. The van der Waals surface area contributed by atoms with E-state index >= 15 is 0 Å². The lowest BCUT2D eigenvalue weighted by atomic mass is 9.97. The third kappa shape index (κ3) is 4.02. The fourth-order valence-electron chi connectivity index (χ4n) is 2.96. The SMILES string of the molecule is CC1CN(O)CCN1C(=S)Nc1cc2nc(C(C)(C)C)oc2cc1[N+](=O)[O-]. The fourth-order valence-corrected chi connectivity index (χ4v) is 3.34. The van der Waals surface area contributed by atoms with E-state index in [2.05, 4.69) is 10.3 Å². The number of oxazole rings is 1. The summed E-state index contributed by atoms with van der Waals surface area (Å²) in [5.41, 5.74) is 0.727. The molecule has 10 heteroatoms. The van der Waals surface area contributed by atoms with Gasteiger partial charge in [-0.05, 0) is 25.2 Å². The molecular weight excluding hydrogens is 370 g/mol. The molecule has 0 radical (unpaired) electrons. The van der Waals surface area contributed by atoms with Gasteiger partial charge in [0.2, 0.25) is 5.89 Å². The van der Waals surface area contributed by atoms with Gasteiger partial charge in [0.15, 0.2) is 10.7 Å². The van der Waals surface area contributed by atoms with Crippen molar-refractivity contribution in [3.8, 4) is 0 Å². The highest BCUT2D eigenvalue weighted by Gasteiger charge is 2.28. The molecule has 0 saturated carbocycles. The molecular formula is C17H23N5O4S. The summed E-state index contributed by atoms with van der Waals surface area (Å²) in [5.74, 6) is 0.513. The molecule has 0 amide bonds. The molecule has 1 atom stereocenters. The first-order valence-corrected chi connectivity index (χ1v) is 9.08. The second-order valence-corrected chi connectivity index (χ2v) is 8.14. The molecule has 146 valence electrons. The Balaban J connectivity index is 1.93. The summed E-state index contributed by atoms with van der Waals surface area (Å²) in [6.45, 7) is 9.24. The van der Waals surface area contributed by atoms with Crippen molar-refractivity contribution in [3.63, 3.8) is 0 Å². The van der Waals surface area contributed by atoms with Gasteiger partial charge in [0.05, 0.1) is 11.0 Å². The van der Waals surface area contributed by atoms with Crippen LogP contribution in [-0.2, 0) is 5.41 Å². The summed E-state index contributed by atoms with van der Waals surface area (Å²) in [4.78, 5) is 17.4. The third-order valence-electron chi connectivity index (χ3n) is 4.45. The van der Waals surface area contributed by atoms with Crippen molar-refractivity contribution in [2.45, 2.75) is 39.2 Å². The van der Waals surface area contributed by atoms with Gasteiger partial charge in [-0.2, -0.15) is 5.06 Å². The maximum atomic E-state index is 11.5. The van der Waals surface area contributed by atoms with Crippen molar-refractivity contribution >= 4 is 39.8 Å². The number of anilines is 1. The van der Waals surface area contributed by atoms with E-state index < -0.39 is 4.92 Å². The molecule has 3 rings (SSSR count). The Kier molecular flexibility index (Phi) is 5.06. The van der Waals surface area contributed by atoms with Crippen LogP contribution in [-0.4, -0.2) is 55.9 Å². The molecule has 27 heavy (non-hydrogen) atoms. The monoisotopic (exact) mass is 393 g/mol. The van der Waals surface area contributed by atoms with E-state index in [-0.39, 0.29) is 22.8 Å². The lowest BCUT2D eigenvalue weighted by Crippen LogP contribution is -2.54. The minimum absolute atomic E-state index is 0.0221. The molecule has 2 N–H and O–H groups in total. The number of nitrogens with one attached hydrogen (secondary N) is 1. The summed E-state index contributed by atoms with van der Waals surface area (Å²) in [7, 11) is 0. The van der Waals surface area contributed by atoms with Gasteiger partial charge in [-0.1, -0.05) is 20.8 Å². The number of nitro groups is 1. The Hall–Kier alpha value is -2.30. The van der Waals surface area contributed by atoms with Crippen LogP contribution in [0.4, 0.5) is 11.4 Å². The predicted octanol–water partition coefficient (Wildman–Crippen LogP) is 3.13. The molecule has 0 spiro atoms. The topological polar surface area (TPSA) is 108 Å². The van der Waals surface area contributed by atoms with E-state index in [9.17, 15) is 15.3 Å². The van der Waals surface area contributed by atoms with E-state index in [1.54, 1.807) is 6.07 Å². The Morgan fingerprint density at radius 3 is 2.74 bits per heavy atom. The molecule has 0 aliphatic carbocycles. The number of rotatable bonds is 2. The number of benzene rings is 1.